The third kappa shape index (κ3) is 4.72. The molecule has 168 valence electrons. The van der Waals surface area contributed by atoms with Crippen molar-refractivity contribution in [3.05, 3.63) is 36.4 Å². The molecule has 0 unspecified atom stereocenters. The molecule has 0 aromatic heterocycles. The van der Waals surface area contributed by atoms with Gasteiger partial charge in [-0.2, -0.15) is 0 Å². The van der Waals surface area contributed by atoms with Gasteiger partial charge in [-0.25, -0.2) is 0 Å². The van der Waals surface area contributed by atoms with Gasteiger partial charge in [0, 0.05) is 6.07 Å². The second-order valence-electron chi connectivity index (χ2n) is 8.89. The van der Waals surface area contributed by atoms with E-state index in [1.807, 2.05) is 7.11 Å². The Morgan fingerprint density at radius 2 is 1.23 bits per heavy atom. The molecule has 4 heteroatoms. The number of hydrogen-bond acceptors (Lipinski definition) is 3. The van der Waals surface area contributed by atoms with E-state index in [0.29, 0.717) is 0 Å². The molecule has 2 aliphatic rings. The molecule has 2 saturated carbocycles. The Bertz CT molecular complexity index is 821. The van der Waals surface area contributed by atoms with Crippen LogP contribution < -0.4 is 19.5 Å². The molecule has 0 atom stereocenters. The number of rotatable bonds is 7. The van der Waals surface area contributed by atoms with Gasteiger partial charge < -0.3 is 14.2 Å². The third-order valence-corrected chi connectivity index (χ3v) is 10.6. The summed E-state index contributed by atoms with van der Waals surface area (Å²) in [5.74, 6) is 2.76. The second kappa shape index (κ2) is 10.7. The largest absolute Gasteiger partial charge is 0.496 e. The quantitative estimate of drug-likeness (QED) is 0.428. The van der Waals surface area contributed by atoms with Crippen molar-refractivity contribution in [2.24, 2.45) is 0 Å². The Hall–Kier alpha value is -1.73. The Kier molecular flexibility index (Phi) is 7.77. The molecule has 2 aromatic carbocycles. The summed E-state index contributed by atoms with van der Waals surface area (Å²) in [6, 6.07) is 12.7. The van der Waals surface area contributed by atoms with Gasteiger partial charge in [-0.15, -0.1) is 0 Å². The zero-order valence-electron chi connectivity index (χ0n) is 19.4. The van der Waals surface area contributed by atoms with Crippen molar-refractivity contribution >= 4 is 13.2 Å². The maximum atomic E-state index is 6.23. The number of methoxy groups -OCH3 is 3. The highest BCUT2D eigenvalue weighted by atomic mass is 31.1. The van der Waals surface area contributed by atoms with Gasteiger partial charge in [0.25, 0.3) is 0 Å². The highest BCUT2D eigenvalue weighted by Gasteiger charge is 2.37. The average molecular weight is 441 g/mol. The van der Waals surface area contributed by atoms with E-state index in [0.717, 1.165) is 39.7 Å². The molecule has 0 N–H and O–H groups in total. The van der Waals surface area contributed by atoms with Crippen molar-refractivity contribution in [3.8, 4) is 28.4 Å². The van der Waals surface area contributed by atoms with Gasteiger partial charge in [-0.1, -0.05) is 76.8 Å². The van der Waals surface area contributed by atoms with Gasteiger partial charge in [0.15, 0.2) is 0 Å². The molecule has 3 nitrogen and oxygen atoms in total. The fourth-order valence-electron chi connectivity index (χ4n) is 5.62. The predicted octanol–water partition coefficient (Wildman–Crippen LogP) is 7.15. The minimum Gasteiger partial charge on any atom is -0.496 e. The Morgan fingerprint density at radius 3 is 1.71 bits per heavy atom. The van der Waals surface area contributed by atoms with Crippen molar-refractivity contribution < 1.29 is 14.2 Å². The molecule has 0 heterocycles. The van der Waals surface area contributed by atoms with Crippen molar-refractivity contribution in [3.63, 3.8) is 0 Å². The molecule has 0 aliphatic heterocycles. The zero-order valence-corrected chi connectivity index (χ0v) is 20.3. The minimum atomic E-state index is -0.375. The van der Waals surface area contributed by atoms with Gasteiger partial charge in [-0.3, -0.25) is 0 Å². The SMILES string of the molecule is COc1cc(OC)c(P(C2CCCCC2)C2CCCCC2)c(OC)c1-c1ccccc1. The van der Waals surface area contributed by atoms with E-state index in [9.17, 15) is 0 Å². The smallest absolute Gasteiger partial charge is 0.141 e. The molecule has 2 aromatic rings. The normalized spacial score (nSPS) is 18.2. The summed E-state index contributed by atoms with van der Waals surface area (Å²) >= 11 is 0. The second-order valence-corrected chi connectivity index (χ2v) is 11.6. The van der Waals surface area contributed by atoms with Crippen LogP contribution in [0, 0.1) is 0 Å². The van der Waals surface area contributed by atoms with E-state index in [4.69, 9.17) is 14.2 Å². The summed E-state index contributed by atoms with van der Waals surface area (Å²) in [7, 11) is 4.99. The van der Waals surface area contributed by atoms with Gasteiger partial charge in [0.05, 0.1) is 32.2 Å². The molecular weight excluding hydrogens is 403 g/mol. The number of hydrogen-bond donors (Lipinski definition) is 0. The first kappa shape index (κ1) is 22.5. The van der Waals surface area contributed by atoms with Crippen LogP contribution in [0.5, 0.6) is 17.2 Å². The first-order valence-corrected chi connectivity index (χ1v) is 13.4. The lowest BCUT2D eigenvalue weighted by Gasteiger charge is -2.40. The molecule has 0 saturated heterocycles. The fourth-order valence-corrected chi connectivity index (χ4v) is 9.64. The van der Waals surface area contributed by atoms with E-state index in [1.165, 1.54) is 69.5 Å². The molecule has 4 rings (SSSR count). The first-order chi connectivity index (χ1) is 15.3. The summed E-state index contributed by atoms with van der Waals surface area (Å²) in [5, 5.41) is 1.35. The highest BCUT2D eigenvalue weighted by Crippen LogP contribution is 2.59. The zero-order chi connectivity index (χ0) is 21.6. The van der Waals surface area contributed by atoms with Crippen LogP contribution in [0.4, 0.5) is 0 Å². The Balaban J connectivity index is 1.92. The highest BCUT2D eigenvalue weighted by molar-refractivity contribution is 7.67. The van der Waals surface area contributed by atoms with E-state index in [2.05, 4.69) is 36.4 Å². The van der Waals surface area contributed by atoms with E-state index >= 15 is 0 Å². The van der Waals surface area contributed by atoms with Crippen LogP contribution in [0.2, 0.25) is 0 Å². The van der Waals surface area contributed by atoms with Crippen molar-refractivity contribution in [2.75, 3.05) is 21.3 Å². The van der Waals surface area contributed by atoms with Crippen LogP contribution >= 0.6 is 7.92 Å². The fraction of sp³-hybridized carbons (Fsp3) is 0.556. The average Bonchev–Trinajstić information content (AvgIpc) is 2.85. The summed E-state index contributed by atoms with van der Waals surface area (Å²) in [5.41, 5.74) is 3.75. The molecular formula is C27H37O3P. The number of benzene rings is 2. The maximum absolute atomic E-state index is 6.23. The lowest BCUT2D eigenvalue weighted by Crippen LogP contribution is -2.28. The first-order valence-electron chi connectivity index (χ1n) is 11.9. The molecule has 0 spiro atoms. The molecule has 0 amide bonds. The van der Waals surface area contributed by atoms with Crippen LogP contribution in [0.25, 0.3) is 11.1 Å². The Labute approximate surface area is 189 Å². The standard InChI is InChI=1S/C27H37O3P/c1-28-23-19-24(29-2)27(26(30-3)25(23)20-13-7-4-8-14-20)31(21-15-9-5-10-16-21)22-17-11-6-12-18-22/h4,7-8,13-14,19,21-22H,5-6,9-12,15-18H2,1-3H3. The number of ether oxygens (including phenoxy) is 3. The van der Waals surface area contributed by atoms with Gasteiger partial charge in [0.1, 0.15) is 17.2 Å². The van der Waals surface area contributed by atoms with Crippen molar-refractivity contribution in [1.29, 1.82) is 0 Å². The lowest BCUT2D eigenvalue weighted by molar-refractivity contribution is 0.381. The molecule has 0 bridgehead atoms. The molecule has 2 aliphatic carbocycles. The van der Waals surface area contributed by atoms with Crippen LogP contribution in [-0.2, 0) is 0 Å². The van der Waals surface area contributed by atoms with Gasteiger partial charge >= 0.3 is 0 Å². The summed E-state index contributed by atoms with van der Waals surface area (Å²) in [4.78, 5) is 0. The molecule has 31 heavy (non-hydrogen) atoms. The van der Waals surface area contributed by atoms with E-state index in [1.54, 1.807) is 14.2 Å². The minimum absolute atomic E-state index is 0.375. The monoisotopic (exact) mass is 440 g/mol. The molecule has 0 radical (unpaired) electrons. The Morgan fingerprint density at radius 1 is 0.677 bits per heavy atom. The van der Waals surface area contributed by atoms with Gasteiger partial charge in [-0.05, 0) is 42.6 Å². The predicted molar refractivity (Wildman–Crippen MR) is 132 cm³/mol. The summed E-state index contributed by atoms with van der Waals surface area (Å²) < 4.78 is 18.1. The van der Waals surface area contributed by atoms with E-state index in [-0.39, 0.29) is 7.92 Å². The van der Waals surface area contributed by atoms with Crippen LogP contribution in [0.3, 0.4) is 0 Å². The van der Waals surface area contributed by atoms with Crippen LogP contribution in [0.1, 0.15) is 64.2 Å². The van der Waals surface area contributed by atoms with Crippen LogP contribution in [0.15, 0.2) is 36.4 Å². The topological polar surface area (TPSA) is 27.7 Å². The maximum Gasteiger partial charge on any atom is 0.141 e. The van der Waals surface area contributed by atoms with Crippen LogP contribution in [-0.4, -0.2) is 32.6 Å². The van der Waals surface area contributed by atoms with E-state index < -0.39 is 0 Å². The third-order valence-electron chi connectivity index (χ3n) is 7.08. The lowest BCUT2D eigenvalue weighted by atomic mass is 9.99. The van der Waals surface area contributed by atoms with Gasteiger partial charge in [0.2, 0.25) is 0 Å². The summed E-state index contributed by atoms with van der Waals surface area (Å²) in [6.45, 7) is 0. The van der Waals surface area contributed by atoms with Crippen molar-refractivity contribution in [2.45, 2.75) is 75.5 Å². The van der Waals surface area contributed by atoms with Crippen molar-refractivity contribution in [1.82, 2.24) is 0 Å². The molecule has 2 fully saturated rings. The summed E-state index contributed by atoms with van der Waals surface area (Å²) in [6.07, 6.45) is 13.6.